The summed E-state index contributed by atoms with van der Waals surface area (Å²) in [6.07, 6.45) is 0. The van der Waals surface area contributed by atoms with Crippen molar-refractivity contribution < 1.29 is 4.92 Å². The van der Waals surface area contributed by atoms with Gasteiger partial charge in [-0.1, -0.05) is 30.3 Å². The third-order valence-electron chi connectivity index (χ3n) is 3.03. The van der Waals surface area contributed by atoms with Gasteiger partial charge in [-0.2, -0.15) is 0 Å². The van der Waals surface area contributed by atoms with Crippen LogP contribution in [0.25, 0.3) is 0 Å². The number of pyridine rings is 1. The number of nitrogens with zero attached hydrogens (tertiary/aromatic N) is 3. The van der Waals surface area contributed by atoms with Crippen molar-refractivity contribution in [2.24, 2.45) is 0 Å². The maximum atomic E-state index is 11.2. The Morgan fingerprint density at radius 2 is 1.95 bits per heavy atom. The van der Waals surface area contributed by atoms with E-state index >= 15 is 0 Å². The molecule has 0 saturated heterocycles. The van der Waals surface area contributed by atoms with E-state index < -0.39 is 4.92 Å². The summed E-state index contributed by atoms with van der Waals surface area (Å²) in [7, 11) is 1.80. The van der Waals surface area contributed by atoms with Crippen molar-refractivity contribution in [1.29, 1.82) is 0 Å². The number of nitro groups is 1. The average molecular weight is 286 g/mol. The van der Waals surface area contributed by atoms with Gasteiger partial charge >= 0.3 is 5.69 Å². The Morgan fingerprint density at radius 1 is 1.24 bits per heavy atom. The van der Waals surface area contributed by atoms with Gasteiger partial charge in [-0.15, -0.1) is 0 Å². The Hall–Kier alpha value is -2.63. The number of benzene rings is 1. The van der Waals surface area contributed by atoms with Crippen molar-refractivity contribution in [3.63, 3.8) is 0 Å². The van der Waals surface area contributed by atoms with Gasteiger partial charge in [-0.3, -0.25) is 10.1 Å². The average Bonchev–Trinajstić information content (AvgIpc) is 2.48. The van der Waals surface area contributed by atoms with Gasteiger partial charge in [0.1, 0.15) is 5.82 Å². The molecular weight excluding hydrogens is 268 g/mol. The highest BCUT2D eigenvalue weighted by atomic mass is 16.6. The predicted octanol–water partition coefficient (Wildman–Crippen LogP) is 3.06. The lowest BCUT2D eigenvalue weighted by Crippen LogP contribution is -2.19. The van der Waals surface area contributed by atoms with E-state index in [4.69, 9.17) is 0 Å². The first-order chi connectivity index (χ1) is 10.1. The SMILES string of the molecule is CCNc1ccc([N+](=O)[O-])c(N(C)Cc2ccccc2)n1. The fourth-order valence-electron chi connectivity index (χ4n) is 2.08. The molecule has 0 atom stereocenters. The van der Waals surface area contributed by atoms with E-state index in [1.54, 1.807) is 18.0 Å². The van der Waals surface area contributed by atoms with Crippen LogP contribution in [0.5, 0.6) is 0 Å². The minimum atomic E-state index is -0.403. The topological polar surface area (TPSA) is 71.3 Å². The summed E-state index contributed by atoms with van der Waals surface area (Å²) in [4.78, 5) is 16.9. The Morgan fingerprint density at radius 3 is 2.57 bits per heavy atom. The molecule has 2 rings (SSSR count). The van der Waals surface area contributed by atoms with Gasteiger partial charge < -0.3 is 10.2 Å². The van der Waals surface area contributed by atoms with E-state index in [0.29, 0.717) is 24.7 Å². The van der Waals surface area contributed by atoms with Gasteiger partial charge in [0.15, 0.2) is 0 Å². The summed E-state index contributed by atoms with van der Waals surface area (Å²) in [5.74, 6) is 1.00. The van der Waals surface area contributed by atoms with Crippen LogP contribution in [0.2, 0.25) is 0 Å². The minimum Gasteiger partial charge on any atom is -0.370 e. The molecule has 110 valence electrons. The van der Waals surface area contributed by atoms with Crippen LogP contribution in [-0.4, -0.2) is 23.5 Å². The second-order valence-electron chi connectivity index (χ2n) is 4.67. The minimum absolute atomic E-state index is 0.00934. The monoisotopic (exact) mass is 286 g/mol. The molecule has 0 unspecified atom stereocenters. The third-order valence-corrected chi connectivity index (χ3v) is 3.03. The number of nitrogens with one attached hydrogen (secondary N) is 1. The Kier molecular flexibility index (Phi) is 4.71. The van der Waals surface area contributed by atoms with Crippen LogP contribution in [-0.2, 0) is 6.54 Å². The van der Waals surface area contributed by atoms with Crippen LogP contribution < -0.4 is 10.2 Å². The molecule has 21 heavy (non-hydrogen) atoms. The van der Waals surface area contributed by atoms with Crippen molar-refractivity contribution in [1.82, 2.24) is 4.98 Å². The number of hydrogen-bond acceptors (Lipinski definition) is 5. The zero-order valence-corrected chi connectivity index (χ0v) is 12.1. The van der Waals surface area contributed by atoms with E-state index in [1.165, 1.54) is 6.07 Å². The molecule has 6 heteroatoms. The Bertz CT molecular complexity index is 616. The van der Waals surface area contributed by atoms with Crippen molar-refractivity contribution in [2.75, 3.05) is 23.8 Å². The van der Waals surface area contributed by atoms with E-state index in [1.807, 2.05) is 37.3 Å². The largest absolute Gasteiger partial charge is 0.370 e. The highest BCUT2D eigenvalue weighted by Crippen LogP contribution is 2.27. The molecule has 0 bridgehead atoms. The molecule has 0 aliphatic rings. The molecule has 1 aromatic carbocycles. The molecule has 0 spiro atoms. The maximum Gasteiger partial charge on any atom is 0.311 e. The van der Waals surface area contributed by atoms with E-state index in [0.717, 1.165) is 5.56 Å². The van der Waals surface area contributed by atoms with Gasteiger partial charge in [0.05, 0.1) is 4.92 Å². The number of rotatable bonds is 6. The normalized spacial score (nSPS) is 10.2. The Balaban J connectivity index is 2.30. The molecule has 0 aliphatic heterocycles. The van der Waals surface area contributed by atoms with E-state index in [-0.39, 0.29) is 5.69 Å². The predicted molar refractivity (Wildman–Crippen MR) is 83.6 cm³/mol. The van der Waals surface area contributed by atoms with Crippen molar-refractivity contribution >= 4 is 17.3 Å². The zero-order chi connectivity index (χ0) is 15.2. The zero-order valence-electron chi connectivity index (χ0n) is 12.1. The van der Waals surface area contributed by atoms with Crippen LogP contribution >= 0.6 is 0 Å². The molecule has 0 radical (unpaired) electrons. The summed E-state index contributed by atoms with van der Waals surface area (Å²) in [5.41, 5.74) is 1.08. The van der Waals surface area contributed by atoms with Gasteiger partial charge in [0, 0.05) is 26.2 Å². The summed E-state index contributed by atoms with van der Waals surface area (Å²) < 4.78 is 0. The third kappa shape index (κ3) is 3.68. The van der Waals surface area contributed by atoms with E-state index in [9.17, 15) is 10.1 Å². The van der Waals surface area contributed by atoms with Crippen molar-refractivity contribution in [3.8, 4) is 0 Å². The molecular formula is C15H18N4O2. The smallest absolute Gasteiger partial charge is 0.311 e. The maximum absolute atomic E-state index is 11.2. The first kappa shape index (κ1) is 14.8. The lowest BCUT2D eigenvalue weighted by molar-refractivity contribution is -0.384. The molecule has 0 aliphatic carbocycles. The second-order valence-corrected chi connectivity index (χ2v) is 4.67. The number of aromatic nitrogens is 1. The number of anilines is 2. The highest BCUT2D eigenvalue weighted by molar-refractivity contribution is 5.61. The lowest BCUT2D eigenvalue weighted by atomic mass is 10.2. The Labute approximate surface area is 123 Å². The van der Waals surface area contributed by atoms with Crippen LogP contribution in [0.15, 0.2) is 42.5 Å². The second kappa shape index (κ2) is 6.69. The van der Waals surface area contributed by atoms with E-state index in [2.05, 4.69) is 10.3 Å². The molecule has 2 aromatic rings. The van der Waals surface area contributed by atoms with Gasteiger partial charge in [-0.25, -0.2) is 4.98 Å². The van der Waals surface area contributed by atoms with Crippen LogP contribution in [0.3, 0.4) is 0 Å². The van der Waals surface area contributed by atoms with Crippen molar-refractivity contribution in [2.45, 2.75) is 13.5 Å². The summed E-state index contributed by atoms with van der Waals surface area (Å²) in [5, 5.41) is 14.2. The van der Waals surface area contributed by atoms with Crippen LogP contribution in [0.4, 0.5) is 17.3 Å². The fraction of sp³-hybridized carbons (Fsp3) is 0.267. The molecule has 6 nitrogen and oxygen atoms in total. The van der Waals surface area contributed by atoms with Gasteiger partial charge in [-0.05, 0) is 18.6 Å². The molecule has 1 N–H and O–H groups in total. The molecule has 1 heterocycles. The summed E-state index contributed by atoms with van der Waals surface area (Å²) in [6, 6.07) is 12.9. The molecule has 0 fully saturated rings. The molecule has 0 amide bonds. The quantitative estimate of drug-likeness (QED) is 0.652. The lowest BCUT2D eigenvalue weighted by Gasteiger charge is -2.19. The number of hydrogen-bond donors (Lipinski definition) is 1. The first-order valence-corrected chi connectivity index (χ1v) is 6.76. The van der Waals surface area contributed by atoms with Crippen molar-refractivity contribution in [3.05, 3.63) is 58.1 Å². The van der Waals surface area contributed by atoms with Crippen LogP contribution in [0, 0.1) is 10.1 Å². The summed E-state index contributed by atoms with van der Waals surface area (Å²) >= 11 is 0. The fourth-order valence-corrected chi connectivity index (χ4v) is 2.08. The molecule has 1 aromatic heterocycles. The standard InChI is InChI=1S/C15H18N4O2/c1-3-16-14-10-9-13(19(20)21)15(17-14)18(2)11-12-7-5-4-6-8-12/h4-10H,3,11H2,1-2H3,(H,16,17). The molecule has 0 saturated carbocycles. The first-order valence-electron chi connectivity index (χ1n) is 6.76. The van der Waals surface area contributed by atoms with Gasteiger partial charge in [0.2, 0.25) is 5.82 Å². The summed E-state index contributed by atoms with van der Waals surface area (Å²) in [6.45, 7) is 3.23. The van der Waals surface area contributed by atoms with Crippen LogP contribution in [0.1, 0.15) is 12.5 Å². The van der Waals surface area contributed by atoms with Gasteiger partial charge in [0.25, 0.3) is 0 Å². The highest BCUT2D eigenvalue weighted by Gasteiger charge is 2.19.